The van der Waals surface area contributed by atoms with Crippen LogP contribution in [0.15, 0.2) is 53.4 Å². The first-order valence-corrected chi connectivity index (χ1v) is 9.30. The van der Waals surface area contributed by atoms with E-state index < -0.39 is 0 Å². The number of ether oxygens (including phenoxy) is 1. The van der Waals surface area contributed by atoms with Gasteiger partial charge >= 0.3 is 0 Å². The van der Waals surface area contributed by atoms with Gasteiger partial charge in [0.05, 0.1) is 35.9 Å². The maximum Gasteiger partial charge on any atom is 0.261 e. The Hall–Kier alpha value is -2.64. The highest BCUT2D eigenvalue weighted by Crippen LogP contribution is 2.39. The second-order valence-electron chi connectivity index (χ2n) is 5.93. The predicted octanol–water partition coefficient (Wildman–Crippen LogP) is 3.17. The van der Waals surface area contributed by atoms with Crippen molar-refractivity contribution < 1.29 is 13.9 Å². The number of furan rings is 1. The van der Waals surface area contributed by atoms with Gasteiger partial charge in [0.25, 0.3) is 5.91 Å². The maximum atomic E-state index is 12.6. The highest BCUT2D eigenvalue weighted by molar-refractivity contribution is 7.18. The first-order valence-electron chi connectivity index (χ1n) is 8.49. The molecule has 4 heterocycles. The van der Waals surface area contributed by atoms with Gasteiger partial charge in [-0.2, -0.15) is 0 Å². The standard InChI is InChI=1S/C19H19N3O3S/c23-18(21-13-15-4-2-8-25-15)17-11-16(14-3-1-5-20-12-14)19(26-17)22-6-9-24-10-7-22/h1-5,8,11-12H,6-7,9-10,13H2,(H,21,23). The fourth-order valence-corrected chi connectivity index (χ4v) is 4.04. The molecule has 6 nitrogen and oxygen atoms in total. The van der Waals surface area contributed by atoms with Gasteiger partial charge in [0.2, 0.25) is 0 Å². The van der Waals surface area contributed by atoms with Crippen molar-refractivity contribution in [2.24, 2.45) is 0 Å². The van der Waals surface area contributed by atoms with Crippen LogP contribution >= 0.6 is 11.3 Å². The number of anilines is 1. The molecule has 0 radical (unpaired) electrons. The Labute approximate surface area is 155 Å². The summed E-state index contributed by atoms with van der Waals surface area (Å²) in [5.41, 5.74) is 2.04. The smallest absolute Gasteiger partial charge is 0.261 e. The molecule has 0 aromatic carbocycles. The van der Waals surface area contributed by atoms with Crippen molar-refractivity contribution in [2.45, 2.75) is 6.54 Å². The van der Waals surface area contributed by atoms with Gasteiger partial charge in [0.15, 0.2) is 0 Å². The average Bonchev–Trinajstić information content (AvgIpc) is 3.37. The van der Waals surface area contributed by atoms with Crippen LogP contribution in [0, 0.1) is 0 Å². The topological polar surface area (TPSA) is 67.6 Å². The summed E-state index contributed by atoms with van der Waals surface area (Å²) in [6.45, 7) is 3.41. The van der Waals surface area contributed by atoms with E-state index in [0.717, 1.165) is 35.0 Å². The highest BCUT2D eigenvalue weighted by atomic mass is 32.1. The summed E-state index contributed by atoms with van der Waals surface area (Å²) in [4.78, 5) is 19.8. The molecule has 0 saturated carbocycles. The van der Waals surface area contributed by atoms with Gasteiger partial charge in [-0.05, 0) is 24.3 Å². The van der Waals surface area contributed by atoms with E-state index in [-0.39, 0.29) is 5.91 Å². The molecule has 0 spiro atoms. The summed E-state index contributed by atoms with van der Waals surface area (Å²) in [6, 6.07) is 9.53. The van der Waals surface area contributed by atoms with E-state index in [0.29, 0.717) is 24.6 Å². The Kier molecular flexibility index (Phi) is 4.99. The monoisotopic (exact) mass is 369 g/mol. The molecule has 3 aromatic rings. The number of morpholine rings is 1. The van der Waals surface area contributed by atoms with Gasteiger partial charge in [-0.3, -0.25) is 9.78 Å². The zero-order valence-corrected chi connectivity index (χ0v) is 15.0. The van der Waals surface area contributed by atoms with Gasteiger partial charge in [0, 0.05) is 36.6 Å². The van der Waals surface area contributed by atoms with Crippen LogP contribution in [-0.4, -0.2) is 37.2 Å². The fourth-order valence-electron chi connectivity index (χ4n) is 2.89. The van der Waals surface area contributed by atoms with Crippen LogP contribution in [0.5, 0.6) is 0 Å². The Morgan fingerprint density at radius 3 is 2.88 bits per heavy atom. The second-order valence-corrected chi connectivity index (χ2v) is 6.96. The third-order valence-electron chi connectivity index (χ3n) is 4.21. The number of rotatable bonds is 5. The van der Waals surface area contributed by atoms with Crippen LogP contribution in [0.25, 0.3) is 11.1 Å². The molecule has 0 unspecified atom stereocenters. The summed E-state index contributed by atoms with van der Waals surface area (Å²) in [5.74, 6) is 0.631. The molecule has 7 heteroatoms. The molecule has 1 aliphatic rings. The average molecular weight is 369 g/mol. The number of nitrogens with zero attached hydrogens (tertiary/aromatic N) is 2. The molecule has 0 bridgehead atoms. The molecular formula is C19H19N3O3S. The van der Waals surface area contributed by atoms with Gasteiger partial charge in [-0.25, -0.2) is 0 Å². The second kappa shape index (κ2) is 7.72. The summed E-state index contributed by atoms with van der Waals surface area (Å²) in [6.07, 6.45) is 5.18. The zero-order valence-electron chi connectivity index (χ0n) is 14.2. The van der Waals surface area contributed by atoms with Crippen LogP contribution in [0.1, 0.15) is 15.4 Å². The minimum absolute atomic E-state index is 0.101. The normalized spacial score (nSPS) is 14.4. The maximum absolute atomic E-state index is 12.6. The number of amides is 1. The Balaban J connectivity index is 1.60. The third kappa shape index (κ3) is 3.63. The van der Waals surface area contributed by atoms with Gasteiger partial charge in [0.1, 0.15) is 5.76 Å². The molecule has 1 saturated heterocycles. The Morgan fingerprint density at radius 1 is 1.27 bits per heavy atom. The molecule has 4 rings (SSSR count). The Morgan fingerprint density at radius 2 is 2.15 bits per heavy atom. The van der Waals surface area contributed by atoms with Crippen molar-refractivity contribution >= 4 is 22.2 Å². The lowest BCUT2D eigenvalue weighted by molar-refractivity contribution is 0.0952. The SMILES string of the molecule is O=C(NCc1ccco1)c1cc(-c2cccnc2)c(N2CCOCC2)s1. The van der Waals surface area contributed by atoms with Crippen molar-refractivity contribution in [3.05, 3.63) is 59.6 Å². The quantitative estimate of drug-likeness (QED) is 0.748. The van der Waals surface area contributed by atoms with Crippen LogP contribution in [-0.2, 0) is 11.3 Å². The highest BCUT2D eigenvalue weighted by Gasteiger charge is 2.22. The first-order chi connectivity index (χ1) is 12.8. The van der Waals surface area contributed by atoms with Crippen LogP contribution < -0.4 is 10.2 Å². The summed E-state index contributed by atoms with van der Waals surface area (Å²) in [7, 11) is 0. The Bertz CT molecular complexity index is 856. The predicted molar refractivity (Wildman–Crippen MR) is 100 cm³/mol. The summed E-state index contributed by atoms with van der Waals surface area (Å²) >= 11 is 1.51. The first kappa shape index (κ1) is 16.8. The van der Waals surface area contributed by atoms with Crippen molar-refractivity contribution in [3.8, 4) is 11.1 Å². The zero-order chi connectivity index (χ0) is 17.8. The van der Waals surface area contributed by atoms with Crippen molar-refractivity contribution in [2.75, 3.05) is 31.2 Å². The van der Waals surface area contributed by atoms with E-state index in [9.17, 15) is 4.79 Å². The van der Waals surface area contributed by atoms with Crippen molar-refractivity contribution in [1.29, 1.82) is 0 Å². The number of pyridine rings is 1. The largest absolute Gasteiger partial charge is 0.467 e. The van der Waals surface area contributed by atoms with E-state index in [1.54, 1.807) is 12.5 Å². The van der Waals surface area contributed by atoms with Gasteiger partial charge < -0.3 is 19.4 Å². The molecular weight excluding hydrogens is 350 g/mol. The summed E-state index contributed by atoms with van der Waals surface area (Å²) < 4.78 is 10.7. The van der Waals surface area contributed by atoms with Crippen molar-refractivity contribution in [3.63, 3.8) is 0 Å². The van der Waals surface area contributed by atoms with Crippen LogP contribution in [0.3, 0.4) is 0 Å². The molecule has 0 atom stereocenters. The number of aromatic nitrogens is 1. The van der Waals surface area contributed by atoms with Crippen LogP contribution in [0.4, 0.5) is 5.00 Å². The number of hydrogen-bond donors (Lipinski definition) is 1. The lowest BCUT2D eigenvalue weighted by Gasteiger charge is -2.28. The molecule has 1 fully saturated rings. The van der Waals surface area contributed by atoms with Gasteiger partial charge in [-0.1, -0.05) is 6.07 Å². The fraction of sp³-hybridized carbons (Fsp3) is 0.263. The molecule has 1 N–H and O–H groups in total. The van der Waals surface area contributed by atoms with E-state index in [1.807, 2.05) is 36.5 Å². The number of hydrogen-bond acceptors (Lipinski definition) is 6. The lowest BCUT2D eigenvalue weighted by atomic mass is 10.1. The number of carbonyl (C=O) groups is 1. The van der Waals surface area contributed by atoms with Crippen molar-refractivity contribution in [1.82, 2.24) is 10.3 Å². The molecule has 1 aliphatic heterocycles. The molecule has 134 valence electrons. The molecule has 3 aromatic heterocycles. The van der Waals surface area contributed by atoms with E-state index in [4.69, 9.17) is 9.15 Å². The minimum Gasteiger partial charge on any atom is -0.467 e. The number of nitrogens with one attached hydrogen (secondary N) is 1. The number of carbonyl (C=O) groups excluding carboxylic acids is 1. The molecule has 0 aliphatic carbocycles. The molecule has 26 heavy (non-hydrogen) atoms. The molecule has 1 amide bonds. The lowest BCUT2D eigenvalue weighted by Crippen LogP contribution is -2.35. The minimum atomic E-state index is -0.101. The number of thiophene rings is 1. The van der Waals surface area contributed by atoms with E-state index in [1.165, 1.54) is 11.3 Å². The van der Waals surface area contributed by atoms with Gasteiger partial charge in [-0.15, -0.1) is 11.3 Å². The third-order valence-corrected chi connectivity index (χ3v) is 5.40. The summed E-state index contributed by atoms with van der Waals surface area (Å²) in [5, 5.41) is 4.00. The van der Waals surface area contributed by atoms with E-state index >= 15 is 0 Å². The van der Waals surface area contributed by atoms with E-state index in [2.05, 4.69) is 15.2 Å². The van der Waals surface area contributed by atoms with Crippen LogP contribution in [0.2, 0.25) is 0 Å².